The van der Waals surface area contributed by atoms with Crippen LogP contribution in [0.5, 0.6) is 0 Å². The summed E-state index contributed by atoms with van der Waals surface area (Å²) in [5, 5.41) is 6.81. The first kappa shape index (κ1) is 23.2. The molecule has 3 aromatic carbocycles. The van der Waals surface area contributed by atoms with E-state index in [2.05, 4.69) is 26.6 Å². The van der Waals surface area contributed by atoms with Crippen molar-refractivity contribution < 1.29 is 14.0 Å². The van der Waals surface area contributed by atoms with Gasteiger partial charge in [-0.3, -0.25) is 9.59 Å². The topological polar surface area (TPSA) is 58.2 Å². The fourth-order valence-corrected chi connectivity index (χ4v) is 5.02. The minimum absolute atomic E-state index is 0.122. The average molecular weight is 541 g/mol. The van der Waals surface area contributed by atoms with Gasteiger partial charge in [-0.05, 0) is 59.5 Å². The van der Waals surface area contributed by atoms with Gasteiger partial charge in [-0.2, -0.15) is 0 Å². The maximum Gasteiger partial charge on any atom is 0.265 e. The minimum atomic E-state index is -0.596. The Kier molecular flexibility index (Phi) is 7.59. The van der Waals surface area contributed by atoms with Gasteiger partial charge in [-0.25, -0.2) is 4.39 Å². The summed E-state index contributed by atoms with van der Waals surface area (Å²) < 4.78 is 14.9. The van der Waals surface area contributed by atoms with Gasteiger partial charge < -0.3 is 10.6 Å². The van der Waals surface area contributed by atoms with Crippen molar-refractivity contribution in [2.75, 3.05) is 10.6 Å². The molecule has 0 aliphatic rings. The molecule has 0 saturated carbocycles. The molecular weight excluding hydrogens is 523 g/mol. The number of halogens is 2. The monoisotopic (exact) mass is 540 g/mol. The third-order valence-electron chi connectivity index (χ3n) is 4.64. The molecule has 33 heavy (non-hydrogen) atoms. The highest BCUT2D eigenvalue weighted by Crippen LogP contribution is 2.37. The van der Waals surface area contributed by atoms with E-state index in [0.29, 0.717) is 15.0 Å². The summed E-state index contributed by atoms with van der Waals surface area (Å²) in [6.07, 6.45) is 0. The van der Waals surface area contributed by atoms with Gasteiger partial charge in [0.2, 0.25) is 5.91 Å². The summed E-state index contributed by atoms with van der Waals surface area (Å²) in [6, 6.07) is 24.7. The van der Waals surface area contributed by atoms with Crippen LogP contribution >= 0.6 is 39.0 Å². The zero-order valence-electron chi connectivity index (χ0n) is 17.1. The Labute approximate surface area is 207 Å². The van der Waals surface area contributed by atoms with Crippen LogP contribution in [0.4, 0.5) is 15.8 Å². The van der Waals surface area contributed by atoms with Gasteiger partial charge in [0.05, 0.1) is 10.6 Å². The minimum Gasteiger partial charge on any atom is -0.322 e. The van der Waals surface area contributed by atoms with Gasteiger partial charge in [0, 0.05) is 15.1 Å². The van der Waals surface area contributed by atoms with Gasteiger partial charge in [0.15, 0.2) is 0 Å². The van der Waals surface area contributed by atoms with Gasteiger partial charge in [-0.15, -0.1) is 23.1 Å². The summed E-state index contributed by atoms with van der Waals surface area (Å²) in [5.41, 5.74) is 1.58. The standard InChI is InChI=1S/C25H18BrFN2O2S2/c26-17-8-13-21(20(27)15-17)29-25(31)23(16-5-2-1-3-6-16)33-19-11-9-18(10-12-19)28-24(30)22-7-4-14-32-22/h1-15,23H,(H,28,30)(H,29,31). The van der Waals surface area contributed by atoms with Crippen LogP contribution in [0.25, 0.3) is 0 Å². The first-order valence-corrected chi connectivity index (χ1v) is 12.5. The van der Waals surface area contributed by atoms with Crippen LogP contribution < -0.4 is 10.6 Å². The number of rotatable bonds is 7. The Hall–Kier alpha value is -2.94. The molecule has 8 heteroatoms. The SMILES string of the molecule is O=C(Nc1ccc(SC(C(=O)Nc2ccc(Br)cc2F)c2ccccc2)cc1)c1cccs1. The Balaban J connectivity index is 1.51. The predicted octanol–water partition coefficient (Wildman–Crippen LogP) is 7.37. The van der Waals surface area contributed by atoms with E-state index < -0.39 is 11.1 Å². The zero-order chi connectivity index (χ0) is 23.2. The van der Waals surface area contributed by atoms with Gasteiger partial charge in [-0.1, -0.05) is 52.3 Å². The fourth-order valence-electron chi connectivity index (χ4n) is 3.04. The highest BCUT2D eigenvalue weighted by atomic mass is 79.9. The quantitative estimate of drug-likeness (QED) is 0.240. The Morgan fingerprint density at radius 3 is 2.33 bits per heavy atom. The Morgan fingerprint density at radius 1 is 0.909 bits per heavy atom. The lowest BCUT2D eigenvalue weighted by atomic mass is 10.1. The second-order valence-corrected chi connectivity index (χ2v) is 10.0. The van der Waals surface area contributed by atoms with Crippen molar-refractivity contribution in [3.63, 3.8) is 0 Å². The zero-order valence-corrected chi connectivity index (χ0v) is 20.3. The van der Waals surface area contributed by atoms with Gasteiger partial charge >= 0.3 is 0 Å². The Morgan fingerprint density at radius 2 is 1.67 bits per heavy atom. The second kappa shape index (κ2) is 10.8. The first-order valence-electron chi connectivity index (χ1n) is 9.92. The van der Waals surface area contributed by atoms with Crippen molar-refractivity contribution in [1.82, 2.24) is 0 Å². The number of benzene rings is 3. The summed E-state index contributed by atoms with van der Waals surface area (Å²) >= 11 is 5.95. The van der Waals surface area contributed by atoms with E-state index in [-0.39, 0.29) is 17.5 Å². The van der Waals surface area contributed by atoms with Crippen molar-refractivity contribution in [2.45, 2.75) is 10.1 Å². The molecular formula is C25H18BrFN2O2S2. The number of carbonyl (C=O) groups excluding carboxylic acids is 2. The lowest BCUT2D eigenvalue weighted by Crippen LogP contribution is -2.19. The number of carbonyl (C=O) groups is 2. The average Bonchev–Trinajstić information content (AvgIpc) is 3.36. The third-order valence-corrected chi connectivity index (χ3v) is 7.27. The van der Waals surface area contributed by atoms with Gasteiger partial charge in [0.25, 0.3) is 5.91 Å². The highest BCUT2D eigenvalue weighted by molar-refractivity contribution is 9.10. The maximum atomic E-state index is 14.3. The van der Waals surface area contributed by atoms with Crippen molar-refractivity contribution >= 4 is 62.2 Å². The van der Waals surface area contributed by atoms with Crippen LogP contribution in [0.15, 0.2) is 99.7 Å². The number of amides is 2. The van der Waals surface area contributed by atoms with Crippen LogP contribution in [0.3, 0.4) is 0 Å². The first-order chi connectivity index (χ1) is 16.0. The molecule has 4 rings (SSSR count). The predicted molar refractivity (Wildman–Crippen MR) is 136 cm³/mol. The van der Waals surface area contributed by atoms with E-state index in [1.165, 1.54) is 35.2 Å². The second-order valence-electron chi connectivity index (χ2n) is 6.98. The molecule has 4 nitrogen and oxygen atoms in total. The summed E-state index contributed by atoms with van der Waals surface area (Å²) in [5.74, 6) is -1.01. The lowest BCUT2D eigenvalue weighted by Gasteiger charge is -2.18. The molecule has 0 aliphatic carbocycles. The van der Waals surface area contributed by atoms with Crippen LogP contribution in [0.1, 0.15) is 20.5 Å². The van der Waals surface area contributed by atoms with E-state index in [1.807, 2.05) is 53.9 Å². The molecule has 166 valence electrons. The van der Waals surface area contributed by atoms with E-state index in [0.717, 1.165) is 10.5 Å². The van der Waals surface area contributed by atoms with Gasteiger partial charge in [0.1, 0.15) is 11.1 Å². The number of hydrogen-bond donors (Lipinski definition) is 2. The molecule has 1 heterocycles. The molecule has 2 N–H and O–H groups in total. The van der Waals surface area contributed by atoms with Crippen molar-refractivity contribution in [3.8, 4) is 0 Å². The molecule has 1 atom stereocenters. The van der Waals surface area contributed by atoms with E-state index in [1.54, 1.807) is 24.3 Å². The van der Waals surface area contributed by atoms with Crippen molar-refractivity contribution in [2.24, 2.45) is 0 Å². The van der Waals surface area contributed by atoms with Crippen molar-refractivity contribution in [3.05, 3.63) is 111 Å². The highest BCUT2D eigenvalue weighted by Gasteiger charge is 2.23. The molecule has 4 aromatic rings. The summed E-state index contributed by atoms with van der Waals surface area (Å²) in [6.45, 7) is 0. The molecule has 0 spiro atoms. The molecule has 0 fully saturated rings. The maximum absolute atomic E-state index is 14.3. The molecule has 0 saturated heterocycles. The van der Waals surface area contributed by atoms with E-state index >= 15 is 0 Å². The smallest absolute Gasteiger partial charge is 0.265 e. The van der Waals surface area contributed by atoms with Crippen LogP contribution in [-0.4, -0.2) is 11.8 Å². The molecule has 0 aliphatic heterocycles. The number of anilines is 2. The molecule has 1 aromatic heterocycles. The lowest BCUT2D eigenvalue weighted by molar-refractivity contribution is -0.115. The number of nitrogens with one attached hydrogen (secondary N) is 2. The normalized spacial score (nSPS) is 11.6. The number of hydrogen-bond acceptors (Lipinski definition) is 4. The largest absolute Gasteiger partial charge is 0.322 e. The summed E-state index contributed by atoms with van der Waals surface area (Å²) in [7, 11) is 0. The number of thioether (sulfide) groups is 1. The molecule has 2 amide bonds. The summed E-state index contributed by atoms with van der Waals surface area (Å²) in [4.78, 5) is 26.8. The molecule has 1 unspecified atom stereocenters. The molecule has 0 radical (unpaired) electrons. The van der Waals surface area contributed by atoms with Crippen LogP contribution in [0, 0.1) is 5.82 Å². The molecule has 0 bridgehead atoms. The fraction of sp³-hybridized carbons (Fsp3) is 0.0400. The van der Waals surface area contributed by atoms with E-state index in [9.17, 15) is 14.0 Å². The Bertz CT molecular complexity index is 1250. The van der Waals surface area contributed by atoms with Crippen LogP contribution in [0.2, 0.25) is 0 Å². The van der Waals surface area contributed by atoms with E-state index in [4.69, 9.17) is 0 Å². The van der Waals surface area contributed by atoms with Crippen LogP contribution in [-0.2, 0) is 4.79 Å². The van der Waals surface area contributed by atoms with Crippen molar-refractivity contribution in [1.29, 1.82) is 0 Å². The third kappa shape index (κ3) is 6.10. The number of thiophene rings is 1.